The number of halogens is 1. The molecule has 4 rings (SSSR count). The molecule has 0 atom stereocenters. The molecule has 4 nitrogen and oxygen atoms in total. The smallest absolute Gasteiger partial charge is 0.236 e. The molecule has 1 heterocycles. The maximum atomic E-state index is 13.0. The van der Waals surface area contributed by atoms with E-state index in [9.17, 15) is 4.79 Å². The van der Waals surface area contributed by atoms with Crippen molar-refractivity contribution in [3.05, 3.63) is 76.8 Å². The molecule has 1 N–H and O–H groups in total. The van der Waals surface area contributed by atoms with E-state index in [-0.39, 0.29) is 7.33 Å². The number of amides is 1. The van der Waals surface area contributed by atoms with Crippen molar-refractivity contribution in [3.63, 3.8) is 0 Å². The molecule has 3 aromatic rings. The van der Waals surface area contributed by atoms with Crippen LogP contribution in [0.25, 0.3) is 11.3 Å². The molecular formula is C23H23ClN2O2. The topological polar surface area (TPSA) is 51.2 Å². The summed E-state index contributed by atoms with van der Waals surface area (Å²) < 4.78 is 5.21. The number of ether oxygens (including phenoxy) is 1. The van der Waals surface area contributed by atoms with Crippen molar-refractivity contribution in [1.29, 1.82) is 0 Å². The highest BCUT2D eigenvalue weighted by atomic mass is 35.5. The van der Waals surface area contributed by atoms with Crippen LogP contribution in [0.15, 0.2) is 60.7 Å². The van der Waals surface area contributed by atoms with E-state index in [1.54, 1.807) is 7.11 Å². The van der Waals surface area contributed by atoms with Crippen molar-refractivity contribution in [2.45, 2.75) is 25.2 Å². The van der Waals surface area contributed by atoms with Gasteiger partial charge in [0.2, 0.25) is 5.91 Å². The summed E-state index contributed by atoms with van der Waals surface area (Å²) in [6.07, 6.45) is 1.67. The van der Waals surface area contributed by atoms with Crippen LogP contribution >= 0.6 is 11.6 Å². The molecule has 28 heavy (non-hydrogen) atoms. The summed E-state index contributed by atoms with van der Waals surface area (Å²) in [6.45, 7) is 2.00. The number of carbonyl (C=O) groups is 1. The molecule has 0 spiro atoms. The Bertz CT molecular complexity index is 1020. The minimum Gasteiger partial charge on any atom is -0.497 e. The van der Waals surface area contributed by atoms with E-state index in [2.05, 4.69) is 10.3 Å². The molecule has 0 saturated heterocycles. The number of aryl methyl sites for hydroxylation is 1. The van der Waals surface area contributed by atoms with Crippen LogP contribution in [0.4, 0.5) is 5.82 Å². The first kappa shape index (κ1) is 18.5. The number of pyridine rings is 1. The van der Waals surface area contributed by atoms with Gasteiger partial charge >= 0.3 is 0 Å². The van der Waals surface area contributed by atoms with E-state index >= 15 is 0 Å². The fourth-order valence-electron chi connectivity index (χ4n) is 3.42. The van der Waals surface area contributed by atoms with Gasteiger partial charge in [0.15, 0.2) is 0 Å². The number of rotatable bonds is 5. The lowest BCUT2D eigenvalue weighted by Gasteiger charge is -2.17. The molecule has 1 aromatic heterocycles. The molecule has 1 fully saturated rings. The largest absolute Gasteiger partial charge is 0.497 e. The van der Waals surface area contributed by atoms with Gasteiger partial charge in [-0.3, -0.25) is 4.79 Å². The van der Waals surface area contributed by atoms with Crippen molar-refractivity contribution >= 4 is 23.3 Å². The average Bonchev–Trinajstić information content (AvgIpc) is 3.52. The molecule has 1 aliphatic rings. The third-order valence-corrected chi connectivity index (χ3v) is 5.54. The molecule has 0 radical (unpaired) electrons. The fourth-order valence-corrected chi connectivity index (χ4v) is 3.54. The van der Waals surface area contributed by atoms with Gasteiger partial charge in [0.05, 0.1) is 18.2 Å². The zero-order valence-electron chi connectivity index (χ0n) is 15.8. The van der Waals surface area contributed by atoms with E-state index in [4.69, 9.17) is 16.3 Å². The number of benzene rings is 2. The highest BCUT2D eigenvalue weighted by Crippen LogP contribution is 2.49. The number of methoxy groups -OCH3 is 1. The van der Waals surface area contributed by atoms with Crippen molar-refractivity contribution < 1.29 is 11.0 Å². The highest BCUT2D eigenvalue weighted by molar-refractivity contribution is 6.30. The van der Waals surface area contributed by atoms with Crippen LogP contribution in [0.5, 0.6) is 5.75 Å². The molecule has 1 aliphatic carbocycles. The second-order valence-electron chi connectivity index (χ2n) is 7.13. The number of hydrogen-bond acceptors (Lipinski definition) is 3. The SMILES string of the molecule is COc1ccc(C2(C(=O)Nc3ccc(C)c(-c4ccc(Cl)cc4)n3)CC2)cc1.[HH]. The summed E-state index contributed by atoms with van der Waals surface area (Å²) in [6, 6.07) is 19.1. The van der Waals surface area contributed by atoms with E-state index in [0.717, 1.165) is 41.0 Å². The number of carbonyl (C=O) groups excluding carboxylic acids is 1. The monoisotopic (exact) mass is 394 g/mol. The predicted molar refractivity (Wildman–Crippen MR) is 114 cm³/mol. The van der Waals surface area contributed by atoms with E-state index in [0.29, 0.717) is 10.8 Å². The summed E-state index contributed by atoms with van der Waals surface area (Å²) in [7, 11) is 1.63. The Hall–Kier alpha value is -2.85. The minimum absolute atomic E-state index is 0. The van der Waals surface area contributed by atoms with Crippen molar-refractivity contribution in [2.24, 2.45) is 0 Å². The highest BCUT2D eigenvalue weighted by Gasteiger charge is 2.51. The first-order valence-electron chi connectivity index (χ1n) is 9.21. The minimum atomic E-state index is -0.473. The summed E-state index contributed by atoms with van der Waals surface area (Å²) in [5.41, 5.74) is 3.38. The first-order valence-corrected chi connectivity index (χ1v) is 9.59. The van der Waals surface area contributed by atoms with Crippen molar-refractivity contribution in [1.82, 2.24) is 4.98 Å². The van der Waals surface area contributed by atoms with Gasteiger partial charge in [-0.2, -0.15) is 0 Å². The summed E-state index contributed by atoms with van der Waals surface area (Å²) >= 11 is 5.99. The molecule has 1 saturated carbocycles. The van der Waals surface area contributed by atoms with Gasteiger partial charge in [-0.15, -0.1) is 0 Å². The van der Waals surface area contributed by atoms with Gasteiger partial charge in [-0.05, 0) is 61.2 Å². The normalized spacial score (nSPS) is 14.4. The van der Waals surface area contributed by atoms with Gasteiger partial charge < -0.3 is 10.1 Å². The van der Waals surface area contributed by atoms with Crippen LogP contribution in [0.1, 0.15) is 25.4 Å². The zero-order chi connectivity index (χ0) is 19.7. The van der Waals surface area contributed by atoms with Gasteiger partial charge in [0.25, 0.3) is 0 Å². The molecule has 2 aromatic carbocycles. The zero-order valence-corrected chi connectivity index (χ0v) is 16.6. The number of hydrogen-bond donors (Lipinski definition) is 1. The molecule has 144 valence electrons. The van der Waals surface area contributed by atoms with E-state index < -0.39 is 5.41 Å². The molecular weight excluding hydrogens is 372 g/mol. The first-order chi connectivity index (χ1) is 13.5. The number of aromatic nitrogens is 1. The summed E-state index contributed by atoms with van der Waals surface area (Å²) in [5, 5.41) is 3.69. The Balaban J connectivity index is 0.00000240. The fraction of sp³-hybridized carbons (Fsp3) is 0.217. The Morgan fingerprint density at radius 1 is 1.07 bits per heavy atom. The summed E-state index contributed by atoms with van der Waals surface area (Å²) in [4.78, 5) is 17.7. The van der Waals surface area contributed by atoms with Crippen LogP contribution in [0.3, 0.4) is 0 Å². The lowest BCUT2D eigenvalue weighted by molar-refractivity contribution is -0.118. The Kier molecular flexibility index (Phi) is 4.82. The Morgan fingerprint density at radius 3 is 2.36 bits per heavy atom. The van der Waals surface area contributed by atoms with Crippen molar-refractivity contribution in [2.75, 3.05) is 12.4 Å². The second-order valence-corrected chi connectivity index (χ2v) is 7.57. The van der Waals surface area contributed by atoms with Gasteiger partial charge in [0.1, 0.15) is 11.6 Å². The number of anilines is 1. The van der Waals surface area contributed by atoms with E-state index in [1.807, 2.05) is 67.6 Å². The van der Waals surface area contributed by atoms with Gasteiger partial charge in [-0.1, -0.05) is 41.9 Å². The molecule has 0 unspecified atom stereocenters. The molecule has 0 bridgehead atoms. The van der Waals surface area contributed by atoms with Gasteiger partial charge in [-0.25, -0.2) is 4.98 Å². The van der Waals surface area contributed by atoms with Crippen LogP contribution < -0.4 is 10.1 Å². The van der Waals surface area contributed by atoms with Crippen LogP contribution in [0.2, 0.25) is 5.02 Å². The third kappa shape index (κ3) is 3.48. The Morgan fingerprint density at radius 2 is 1.75 bits per heavy atom. The van der Waals surface area contributed by atoms with Crippen LogP contribution in [-0.2, 0) is 10.2 Å². The van der Waals surface area contributed by atoms with Crippen LogP contribution in [0, 0.1) is 6.92 Å². The average molecular weight is 395 g/mol. The summed E-state index contributed by atoms with van der Waals surface area (Å²) in [5.74, 6) is 1.32. The van der Waals surface area contributed by atoms with Gasteiger partial charge in [0, 0.05) is 12.0 Å². The molecule has 5 heteroatoms. The quantitative estimate of drug-likeness (QED) is 0.609. The Labute approximate surface area is 171 Å². The lowest BCUT2D eigenvalue weighted by Crippen LogP contribution is -2.28. The maximum Gasteiger partial charge on any atom is 0.236 e. The molecule has 0 aliphatic heterocycles. The second kappa shape index (κ2) is 7.28. The lowest BCUT2D eigenvalue weighted by atomic mass is 9.95. The predicted octanol–water partition coefficient (Wildman–Crippen LogP) is 5.64. The van der Waals surface area contributed by atoms with Crippen LogP contribution in [-0.4, -0.2) is 18.0 Å². The van der Waals surface area contributed by atoms with Crippen molar-refractivity contribution in [3.8, 4) is 17.0 Å². The maximum absolute atomic E-state index is 13.0. The third-order valence-electron chi connectivity index (χ3n) is 5.28. The number of nitrogens with one attached hydrogen (secondary N) is 1. The number of nitrogens with zero attached hydrogens (tertiary/aromatic N) is 1. The molecule has 1 amide bonds. The van der Waals surface area contributed by atoms with E-state index in [1.165, 1.54) is 0 Å². The standard InChI is InChI=1S/C23H21ClN2O2.H2/c1-15-3-12-20(25-21(15)16-4-8-18(24)9-5-16)26-22(27)23(13-14-23)17-6-10-19(28-2)11-7-17;/h3-12H,13-14H2,1-2H3,(H,25,26,27);1H.